The zero-order valence-corrected chi connectivity index (χ0v) is 5.32. The highest BCUT2D eigenvalue weighted by atomic mass is 16.3. The summed E-state index contributed by atoms with van der Waals surface area (Å²) in [4.78, 5) is 13.7. The lowest BCUT2D eigenvalue weighted by atomic mass is 10.3. The Hall–Kier alpha value is -1.38. The third-order valence-corrected chi connectivity index (χ3v) is 1.10. The van der Waals surface area contributed by atoms with E-state index in [2.05, 4.69) is 4.98 Å². The molecule has 0 unspecified atom stereocenters. The lowest BCUT2D eigenvalue weighted by Gasteiger charge is -1.92. The van der Waals surface area contributed by atoms with Crippen LogP contribution in [0.15, 0.2) is 18.3 Å². The number of carbonyl (C=O) groups excluding carboxylic acids is 1. The van der Waals surface area contributed by atoms with Crippen molar-refractivity contribution in [1.82, 2.24) is 4.98 Å². The summed E-state index contributed by atoms with van der Waals surface area (Å²) in [6, 6.07) is 3.12. The highest BCUT2D eigenvalue weighted by Crippen LogP contribution is 2.05. The van der Waals surface area contributed by atoms with Crippen LogP contribution < -0.4 is 0 Å². The molecule has 0 bridgehead atoms. The Morgan fingerprint density at radius 1 is 1.60 bits per heavy atom. The lowest BCUT2D eigenvalue weighted by molar-refractivity contribution is -0.107. The molecule has 0 spiro atoms. The zero-order valence-electron chi connectivity index (χ0n) is 5.32. The Morgan fingerprint density at radius 3 is 2.90 bits per heavy atom. The smallest absolute Gasteiger partial charge is 0.133 e. The van der Waals surface area contributed by atoms with Crippen LogP contribution in [0.3, 0.4) is 0 Å². The van der Waals surface area contributed by atoms with E-state index in [0.29, 0.717) is 12.1 Å². The maximum atomic E-state index is 9.96. The van der Waals surface area contributed by atoms with E-state index in [4.69, 9.17) is 5.11 Å². The number of aromatic nitrogens is 1. The van der Waals surface area contributed by atoms with Gasteiger partial charge in [-0.2, -0.15) is 0 Å². The first-order chi connectivity index (χ1) is 4.83. The SMILES string of the molecule is O=CCc1ccc(O)cn1. The molecule has 1 heterocycles. The third kappa shape index (κ3) is 1.55. The predicted octanol–water partition coefficient (Wildman–Crippen LogP) is 0.529. The van der Waals surface area contributed by atoms with Crippen LogP contribution in [0.25, 0.3) is 0 Å². The summed E-state index contributed by atoms with van der Waals surface area (Å²) in [6.07, 6.45) is 2.40. The molecule has 1 N–H and O–H groups in total. The highest BCUT2D eigenvalue weighted by molar-refractivity contribution is 5.53. The van der Waals surface area contributed by atoms with Crippen molar-refractivity contribution in [3.8, 4) is 5.75 Å². The molecule has 0 aliphatic heterocycles. The summed E-state index contributed by atoms with van der Waals surface area (Å²) < 4.78 is 0. The monoisotopic (exact) mass is 137 g/mol. The van der Waals surface area contributed by atoms with E-state index >= 15 is 0 Å². The number of aldehydes is 1. The fourth-order valence-corrected chi connectivity index (χ4v) is 0.623. The zero-order chi connectivity index (χ0) is 7.40. The van der Waals surface area contributed by atoms with E-state index in [9.17, 15) is 4.79 Å². The molecule has 52 valence electrons. The molecule has 0 atom stereocenters. The van der Waals surface area contributed by atoms with E-state index in [1.165, 1.54) is 12.3 Å². The second kappa shape index (κ2) is 2.96. The van der Waals surface area contributed by atoms with Crippen molar-refractivity contribution >= 4 is 6.29 Å². The van der Waals surface area contributed by atoms with Gasteiger partial charge in [0, 0.05) is 12.1 Å². The summed E-state index contributed by atoms with van der Waals surface area (Å²) in [6.45, 7) is 0. The third-order valence-electron chi connectivity index (χ3n) is 1.10. The number of carbonyl (C=O) groups is 1. The van der Waals surface area contributed by atoms with Crippen LogP contribution >= 0.6 is 0 Å². The summed E-state index contributed by atoms with van der Waals surface area (Å²) in [5.41, 5.74) is 0.674. The average molecular weight is 137 g/mol. The standard InChI is InChI=1S/C7H7NO2/c9-4-3-6-1-2-7(10)5-8-6/h1-2,4-5,10H,3H2. The Balaban J connectivity index is 2.78. The summed E-state index contributed by atoms with van der Waals surface area (Å²) >= 11 is 0. The number of hydrogen-bond acceptors (Lipinski definition) is 3. The maximum absolute atomic E-state index is 9.96. The largest absolute Gasteiger partial charge is 0.506 e. The van der Waals surface area contributed by atoms with Gasteiger partial charge in [0.05, 0.1) is 6.20 Å². The molecule has 0 amide bonds. The maximum Gasteiger partial charge on any atom is 0.133 e. The van der Waals surface area contributed by atoms with Gasteiger partial charge in [0.1, 0.15) is 12.0 Å². The minimum absolute atomic E-state index is 0.120. The molecule has 1 aromatic rings. The normalized spacial score (nSPS) is 9.20. The lowest BCUT2D eigenvalue weighted by Crippen LogP contribution is -1.88. The van der Waals surface area contributed by atoms with Crippen LogP contribution in [-0.2, 0) is 11.2 Å². The number of pyridine rings is 1. The summed E-state index contributed by atoms with van der Waals surface area (Å²) in [5, 5.41) is 8.77. The number of hydrogen-bond donors (Lipinski definition) is 1. The fraction of sp³-hybridized carbons (Fsp3) is 0.143. The van der Waals surface area contributed by atoms with Crippen LogP contribution in [0.1, 0.15) is 5.69 Å². The van der Waals surface area contributed by atoms with Crippen LogP contribution in [0.2, 0.25) is 0 Å². The van der Waals surface area contributed by atoms with Crippen molar-refractivity contribution in [2.45, 2.75) is 6.42 Å². The van der Waals surface area contributed by atoms with Crippen LogP contribution in [0, 0.1) is 0 Å². The summed E-state index contributed by atoms with van der Waals surface area (Å²) in [7, 11) is 0. The number of rotatable bonds is 2. The van der Waals surface area contributed by atoms with Gasteiger partial charge in [-0.15, -0.1) is 0 Å². The average Bonchev–Trinajstić information content (AvgIpc) is 1.95. The Kier molecular flexibility index (Phi) is 1.99. The van der Waals surface area contributed by atoms with Crippen molar-refractivity contribution in [2.24, 2.45) is 0 Å². The van der Waals surface area contributed by atoms with Crippen molar-refractivity contribution < 1.29 is 9.90 Å². The first kappa shape index (κ1) is 6.74. The van der Waals surface area contributed by atoms with E-state index in [1.54, 1.807) is 6.07 Å². The Labute approximate surface area is 58.3 Å². The van der Waals surface area contributed by atoms with Gasteiger partial charge in [-0.25, -0.2) is 0 Å². The first-order valence-electron chi connectivity index (χ1n) is 2.90. The first-order valence-corrected chi connectivity index (χ1v) is 2.90. The molecule has 0 aliphatic carbocycles. The van der Waals surface area contributed by atoms with E-state index in [-0.39, 0.29) is 5.75 Å². The van der Waals surface area contributed by atoms with E-state index in [1.807, 2.05) is 0 Å². The van der Waals surface area contributed by atoms with Crippen LogP contribution in [0.5, 0.6) is 5.75 Å². The van der Waals surface area contributed by atoms with Gasteiger partial charge >= 0.3 is 0 Å². The van der Waals surface area contributed by atoms with Crippen molar-refractivity contribution in [3.63, 3.8) is 0 Å². The molecule has 0 fully saturated rings. The number of aromatic hydroxyl groups is 1. The van der Waals surface area contributed by atoms with Gasteiger partial charge in [0.25, 0.3) is 0 Å². The molecule has 0 saturated heterocycles. The van der Waals surface area contributed by atoms with E-state index < -0.39 is 0 Å². The summed E-state index contributed by atoms with van der Waals surface area (Å²) in [5.74, 6) is 0.120. The molecule has 0 aromatic carbocycles. The van der Waals surface area contributed by atoms with Gasteiger partial charge in [0.2, 0.25) is 0 Å². The molecule has 1 rings (SSSR count). The number of nitrogens with zero attached hydrogens (tertiary/aromatic N) is 1. The minimum atomic E-state index is 0.120. The highest BCUT2D eigenvalue weighted by Gasteiger charge is 1.91. The quantitative estimate of drug-likeness (QED) is 0.605. The van der Waals surface area contributed by atoms with Gasteiger partial charge in [-0.3, -0.25) is 4.98 Å². The molecule has 1 aromatic heterocycles. The van der Waals surface area contributed by atoms with Crippen molar-refractivity contribution in [3.05, 3.63) is 24.0 Å². The molecule has 10 heavy (non-hydrogen) atoms. The van der Waals surface area contributed by atoms with Gasteiger partial charge in [-0.1, -0.05) is 0 Å². The molecular formula is C7H7NO2. The van der Waals surface area contributed by atoms with Gasteiger partial charge < -0.3 is 9.90 Å². The Bertz CT molecular complexity index is 218. The molecule has 3 nitrogen and oxygen atoms in total. The van der Waals surface area contributed by atoms with Gasteiger partial charge in [0.15, 0.2) is 0 Å². The van der Waals surface area contributed by atoms with Gasteiger partial charge in [-0.05, 0) is 12.1 Å². The molecule has 0 aliphatic rings. The predicted molar refractivity (Wildman–Crippen MR) is 35.7 cm³/mol. The second-order valence-electron chi connectivity index (χ2n) is 1.88. The topological polar surface area (TPSA) is 50.2 Å². The second-order valence-corrected chi connectivity index (χ2v) is 1.88. The van der Waals surface area contributed by atoms with Crippen molar-refractivity contribution in [1.29, 1.82) is 0 Å². The molecule has 0 radical (unpaired) electrons. The minimum Gasteiger partial charge on any atom is -0.506 e. The van der Waals surface area contributed by atoms with E-state index in [0.717, 1.165) is 6.29 Å². The van der Waals surface area contributed by atoms with Crippen molar-refractivity contribution in [2.75, 3.05) is 0 Å². The van der Waals surface area contributed by atoms with Crippen LogP contribution in [-0.4, -0.2) is 16.4 Å². The Morgan fingerprint density at radius 2 is 2.40 bits per heavy atom. The molecule has 3 heteroatoms. The van der Waals surface area contributed by atoms with Crippen LogP contribution in [0.4, 0.5) is 0 Å². The fourth-order valence-electron chi connectivity index (χ4n) is 0.623. The molecular weight excluding hydrogens is 130 g/mol. The molecule has 0 saturated carbocycles.